The van der Waals surface area contributed by atoms with Crippen LogP contribution in [0.5, 0.6) is 0 Å². The molecule has 0 saturated carbocycles. The van der Waals surface area contributed by atoms with Gasteiger partial charge in [0.25, 0.3) is 5.35 Å². The average molecular weight is 264 g/mol. The molecule has 3 rings (SSSR count). The molecule has 17 heavy (non-hydrogen) atoms. The summed E-state index contributed by atoms with van der Waals surface area (Å²) in [6.07, 6.45) is 0. The van der Waals surface area contributed by atoms with Crippen LogP contribution in [0.1, 0.15) is 0 Å². The van der Waals surface area contributed by atoms with Crippen molar-refractivity contribution in [2.75, 3.05) is 0 Å². The van der Waals surface area contributed by atoms with Gasteiger partial charge in [-0.2, -0.15) is 4.98 Å². The molecule has 0 atom stereocenters. The van der Waals surface area contributed by atoms with Gasteiger partial charge in [-0.25, -0.2) is 0 Å². The number of fused-ring (bicyclic) bond motifs is 1. The maximum atomic E-state index is 6.13. The van der Waals surface area contributed by atoms with Gasteiger partial charge < -0.3 is 4.42 Å². The molecule has 2 aromatic carbocycles. The Morgan fingerprint density at radius 1 is 0.941 bits per heavy atom. The van der Waals surface area contributed by atoms with Crippen LogP contribution in [-0.2, 0) is 0 Å². The van der Waals surface area contributed by atoms with Crippen LogP contribution in [-0.4, -0.2) is 4.98 Å². The van der Waals surface area contributed by atoms with Gasteiger partial charge in [-0.05, 0) is 34.9 Å². The lowest BCUT2D eigenvalue weighted by atomic mass is 10.1. The monoisotopic (exact) mass is 263 g/mol. The predicted molar refractivity (Wildman–Crippen MR) is 69.5 cm³/mol. The second-order valence-corrected chi connectivity index (χ2v) is 4.37. The molecule has 0 unspecified atom stereocenters. The molecule has 0 amide bonds. The van der Waals surface area contributed by atoms with Crippen LogP contribution in [0.15, 0.2) is 46.9 Å². The lowest BCUT2D eigenvalue weighted by Gasteiger charge is -2.01. The van der Waals surface area contributed by atoms with E-state index in [1.54, 1.807) is 0 Å². The number of benzene rings is 2. The van der Waals surface area contributed by atoms with Crippen LogP contribution >= 0.6 is 23.2 Å². The standard InChI is InChI=1S/C13H7Cl2NO/c14-10-6-9(8-4-2-1-3-5-8)7-11-12(10)17-13(15)16-11/h1-7H. The second kappa shape index (κ2) is 4.06. The molecule has 1 aromatic heterocycles. The zero-order valence-electron chi connectivity index (χ0n) is 8.65. The largest absolute Gasteiger partial charge is 0.426 e. The molecule has 3 aromatic rings. The number of aromatic nitrogens is 1. The van der Waals surface area contributed by atoms with E-state index in [9.17, 15) is 0 Å². The molecule has 0 radical (unpaired) electrons. The van der Waals surface area contributed by atoms with E-state index >= 15 is 0 Å². The maximum Gasteiger partial charge on any atom is 0.293 e. The van der Waals surface area contributed by atoms with Crippen molar-refractivity contribution in [1.82, 2.24) is 4.98 Å². The minimum atomic E-state index is 0.104. The van der Waals surface area contributed by atoms with Crippen molar-refractivity contribution in [3.8, 4) is 11.1 Å². The average Bonchev–Trinajstić information content (AvgIpc) is 2.71. The number of oxazole rings is 1. The molecule has 0 aliphatic carbocycles. The first-order chi connectivity index (χ1) is 8.24. The van der Waals surface area contributed by atoms with Crippen molar-refractivity contribution in [2.24, 2.45) is 0 Å². The summed E-state index contributed by atoms with van der Waals surface area (Å²) in [6, 6.07) is 13.7. The molecule has 0 aliphatic heterocycles. The molecule has 1 heterocycles. The Morgan fingerprint density at radius 2 is 1.71 bits per heavy atom. The van der Waals surface area contributed by atoms with Crippen molar-refractivity contribution < 1.29 is 4.42 Å². The van der Waals surface area contributed by atoms with Crippen LogP contribution in [0, 0.1) is 0 Å². The molecule has 0 saturated heterocycles. The highest BCUT2D eigenvalue weighted by molar-refractivity contribution is 6.35. The topological polar surface area (TPSA) is 26.0 Å². The third-order valence-electron chi connectivity index (χ3n) is 2.53. The van der Waals surface area contributed by atoms with E-state index in [1.165, 1.54) is 0 Å². The fourth-order valence-electron chi connectivity index (χ4n) is 1.76. The summed E-state index contributed by atoms with van der Waals surface area (Å²) in [6.45, 7) is 0. The third-order valence-corrected chi connectivity index (χ3v) is 2.97. The van der Waals surface area contributed by atoms with E-state index in [-0.39, 0.29) is 5.35 Å². The molecule has 0 aliphatic rings. The van der Waals surface area contributed by atoms with Gasteiger partial charge in [-0.3, -0.25) is 0 Å². The van der Waals surface area contributed by atoms with Crippen molar-refractivity contribution in [2.45, 2.75) is 0 Å². The Kier molecular flexibility index (Phi) is 2.54. The molecule has 0 fully saturated rings. The van der Waals surface area contributed by atoms with Crippen LogP contribution in [0.4, 0.5) is 0 Å². The highest BCUT2D eigenvalue weighted by Gasteiger charge is 2.10. The Balaban J connectivity index is 2.25. The Hall–Kier alpha value is -1.51. The zero-order valence-corrected chi connectivity index (χ0v) is 10.2. The van der Waals surface area contributed by atoms with Gasteiger partial charge in [0.1, 0.15) is 5.52 Å². The first-order valence-corrected chi connectivity index (χ1v) is 5.80. The lowest BCUT2D eigenvalue weighted by Crippen LogP contribution is -1.78. The molecule has 2 nitrogen and oxygen atoms in total. The molecular formula is C13H7Cl2NO. The van der Waals surface area contributed by atoms with Gasteiger partial charge in [-0.15, -0.1) is 0 Å². The molecule has 0 spiro atoms. The quantitative estimate of drug-likeness (QED) is 0.630. The summed E-state index contributed by atoms with van der Waals surface area (Å²) in [5.74, 6) is 0. The van der Waals surface area contributed by atoms with Crippen molar-refractivity contribution in [3.63, 3.8) is 0 Å². The van der Waals surface area contributed by atoms with Crippen molar-refractivity contribution >= 4 is 34.3 Å². The normalized spacial score (nSPS) is 10.9. The van der Waals surface area contributed by atoms with E-state index in [4.69, 9.17) is 27.6 Å². The summed E-state index contributed by atoms with van der Waals surface area (Å²) in [5, 5.41) is 0.618. The summed E-state index contributed by atoms with van der Waals surface area (Å²) >= 11 is 11.9. The first-order valence-electron chi connectivity index (χ1n) is 5.05. The fraction of sp³-hybridized carbons (Fsp3) is 0. The molecule has 4 heteroatoms. The minimum absolute atomic E-state index is 0.104. The van der Waals surface area contributed by atoms with Crippen LogP contribution < -0.4 is 0 Å². The van der Waals surface area contributed by atoms with E-state index in [2.05, 4.69) is 4.98 Å². The molecule has 0 N–H and O–H groups in total. The van der Waals surface area contributed by atoms with E-state index < -0.39 is 0 Å². The molecular weight excluding hydrogens is 257 g/mol. The van der Waals surface area contributed by atoms with Crippen molar-refractivity contribution in [1.29, 1.82) is 0 Å². The Morgan fingerprint density at radius 3 is 2.47 bits per heavy atom. The number of rotatable bonds is 1. The van der Waals surface area contributed by atoms with Gasteiger partial charge in [0, 0.05) is 0 Å². The molecule has 84 valence electrons. The van der Waals surface area contributed by atoms with Crippen LogP contribution in [0.3, 0.4) is 0 Å². The maximum absolute atomic E-state index is 6.13. The summed E-state index contributed by atoms with van der Waals surface area (Å²) in [7, 11) is 0. The van der Waals surface area contributed by atoms with Gasteiger partial charge in [-0.1, -0.05) is 41.9 Å². The molecule has 0 bridgehead atoms. The smallest absolute Gasteiger partial charge is 0.293 e. The minimum Gasteiger partial charge on any atom is -0.426 e. The fourth-order valence-corrected chi connectivity index (χ4v) is 2.18. The number of hydrogen-bond donors (Lipinski definition) is 0. The lowest BCUT2D eigenvalue weighted by molar-refractivity contribution is 0.604. The Bertz CT molecular complexity index is 676. The van der Waals surface area contributed by atoms with Gasteiger partial charge in [0.2, 0.25) is 0 Å². The van der Waals surface area contributed by atoms with Crippen LogP contribution in [0.25, 0.3) is 22.2 Å². The highest BCUT2D eigenvalue weighted by atomic mass is 35.5. The highest BCUT2D eigenvalue weighted by Crippen LogP contribution is 2.32. The number of halogens is 2. The van der Waals surface area contributed by atoms with Gasteiger partial charge in [0.15, 0.2) is 5.58 Å². The zero-order chi connectivity index (χ0) is 11.8. The van der Waals surface area contributed by atoms with Crippen molar-refractivity contribution in [3.05, 3.63) is 52.8 Å². The SMILES string of the molecule is Clc1nc2cc(-c3ccccc3)cc(Cl)c2o1. The number of nitrogens with zero attached hydrogens (tertiary/aromatic N) is 1. The second-order valence-electron chi connectivity index (χ2n) is 3.64. The number of hydrogen-bond acceptors (Lipinski definition) is 2. The predicted octanol–water partition coefficient (Wildman–Crippen LogP) is 4.80. The van der Waals surface area contributed by atoms with Gasteiger partial charge in [0.05, 0.1) is 5.02 Å². The first kappa shape index (κ1) is 10.6. The summed E-state index contributed by atoms with van der Waals surface area (Å²) < 4.78 is 5.21. The van der Waals surface area contributed by atoms with E-state index in [0.717, 1.165) is 11.1 Å². The van der Waals surface area contributed by atoms with Crippen LogP contribution in [0.2, 0.25) is 10.4 Å². The van der Waals surface area contributed by atoms with E-state index in [1.807, 2.05) is 42.5 Å². The summed E-state index contributed by atoms with van der Waals surface area (Å²) in [4.78, 5) is 4.07. The summed E-state index contributed by atoms with van der Waals surface area (Å²) in [5.41, 5.74) is 3.26. The Labute approximate surface area is 108 Å². The third kappa shape index (κ3) is 1.90. The van der Waals surface area contributed by atoms with E-state index in [0.29, 0.717) is 16.1 Å². The van der Waals surface area contributed by atoms with Gasteiger partial charge >= 0.3 is 0 Å².